The minimum atomic E-state index is -0.0550. The van der Waals surface area contributed by atoms with Crippen molar-refractivity contribution < 1.29 is 4.79 Å². The molecule has 1 amide bonds. The standard InChI is InChI=1S/C15H15ClN2O/c1-11(12-5-3-7-14(16)9-12)18(2)15(19)13-6-4-8-17-10-13/h3-11H,1-2H3. The van der Waals surface area contributed by atoms with Crippen molar-refractivity contribution in [2.75, 3.05) is 7.05 Å². The Kier molecular flexibility index (Phi) is 4.17. The van der Waals surface area contributed by atoms with E-state index in [0.29, 0.717) is 10.6 Å². The van der Waals surface area contributed by atoms with Crippen molar-refractivity contribution in [3.8, 4) is 0 Å². The van der Waals surface area contributed by atoms with Crippen LogP contribution < -0.4 is 0 Å². The van der Waals surface area contributed by atoms with Crippen molar-refractivity contribution in [3.63, 3.8) is 0 Å². The van der Waals surface area contributed by atoms with Crippen LogP contribution in [0.2, 0.25) is 5.02 Å². The van der Waals surface area contributed by atoms with Crippen molar-refractivity contribution in [3.05, 3.63) is 64.9 Å². The van der Waals surface area contributed by atoms with Crippen LogP contribution in [0.1, 0.15) is 28.9 Å². The number of benzene rings is 1. The summed E-state index contributed by atoms with van der Waals surface area (Å²) in [7, 11) is 1.78. The number of hydrogen-bond donors (Lipinski definition) is 0. The molecule has 0 fully saturated rings. The fourth-order valence-corrected chi connectivity index (χ4v) is 2.06. The van der Waals surface area contributed by atoms with Crippen LogP contribution in [0, 0.1) is 0 Å². The molecule has 0 radical (unpaired) electrons. The quantitative estimate of drug-likeness (QED) is 0.857. The Bertz CT molecular complexity index is 571. The highest BCUT2D eigenvalue weighted by Gasteiger charge is 2.18. The maximum atomic E-state index is 12.3. The molecule has 0 aliphatic heterocycles. The highest BCUT2D eigenvalue weighted by molar-refractivity contribution is 6.30. The summed E-state index contributed by atoms with van der Waals surface area (Å²) in [5.74, 6) is -0.0550. The predicted molar refractivity (Wildman–Crippen MR) is 76.2 cm³/mol. The maximum absolute atomic E-state index is 12.3. The summed E-state index contributed by atoms with van der Waals surface area (Å²) < 4.78 is 0. The highest BCUT2D eigenvalue weighted by Crippen LogP contribution is 2.23. The molecule has 19 heavy (non-hydrogen) atoms. The maximum Gasteiger partial charge on any atom is 0.255 e. The van der Waals surface area contributed by atoms with Crippen molar-refractivity contribution in [1.82, 2.24) is 9.88 Å². The molecule has 1 aromatic heterocycles. The zero-order chi connectivity index (χ0) is 13.8. The molecule has 0 bridgehead atoms. The van der Waals surface area contributed by atoms with E-state index in [0.717, 1.165) is 5.56 Å². The van der Waals surface area contributed by atoms with E-state index in [9.17, 15) is 4.79 Å². The second-order valence-electron chi connectivity index (χ2n) is 4.39. The largest absolute Gasteiger partial charge is 0.335 e. The number of amides is 1. The number of hydrogen-bond acceptors (Lipinski definition) is 2. The van der Waals surface area contributed by atoms with E-state index in [-0.39, 0.29) is 11.9 Å². The number of carbonyl (C=O) groups excluding carboxylic acids is 1. The van der Waals surface area contributed by atoms with E-state index in [2.05, 4.69) is 4.98 Å². The number of halogens is 1. The van der Waals surface area contributed by atoms with Crippen LogP contribution in [0.15, 0.2) is 48.8 Å². The summed E-state index contributed by atoms with van der Waals surface area (Å²) in [4.78, 5) is 17.9. The second-order valence-corrected chi connectivity index (χ2v) is 4.83. The van der Waals surface area contributed by atoms with Gasteiger partial charge in [0, 0.05) is 24.5 Å². The molecule has 98 valence electrons. The van der Waals surface area contributed by atoms with Crippen LogP contribution in [-0.2, 0) is 0 Å². The van der Waals surface area contributed by atoms with Gasteiger partial charge in [0.05, 0.1) is 11.6 Å². The zero-order valence-corrected chi connectivity index (χ0v) is 11.6. The Balaban J connectivity index is 2.20. The summed E-state index contributed by atoms with van der Waals surface area (Å²) in [5, 5.41) is 0.673. The summed E-state index contributed by atoms with van der Waals surface area (Å²) >= 11 is 5.98. The molecule has 0 saturated heterocycles. The molecule has 0 aliphatic rings. The van der Waals surface area contributed by atoms with Gasteiger partial charge in [0.2, 0.25) is 0 Å². The van der Waals surface area contributed by atoms with Gasteiger partial charge >= 0.3 is 0 Å². The van der Waals surface area contributed by atoms with Crippen LogP contribution >= 0.6 is 11.6 Å². The Labute approximate surface area is 117 Å². The molecular weight excluding hydrogens is 260 g/mol. The zero-order valence-electron chi connectivity index (χ0n) is 10.9. The van der Waals surface area contributed by atoms with Gasteiger partial charge in [-0.2, -0.15) is 0 Å². The van der Waals surface area contributed by atoms with Crippen molar-refractivity contribution in [2.45, 2.75) is 13.0 Å². The molecule has 0 saturated carbocycles. The molecule has 0 aliphatic carbocycles. The van der Waals surface area contributed by atoms with Crippen LogP contribution in [0.3, 0.4) is 0 Å². The first-order valence-corrected chi connectivity index (χ1v) is 6.40. The highest BCUT2D eigenvalue weighted by atomic mass is 35.5. The average molecular weight is 275 g/mol. The third kappa shape index (κ3) is 3.12. The van der Waals surface area contributed by atoms with Crippen molar-refractivity contribution >= 4 is 17.5 Å². The van der Waals surface area contributed by atoms with E-state index < -0.39 is 0 Å². The molecular formula is C15H15ClN2O. The lowest BCUT2D eigenvalue weighted by atomic mass is 10.1. The van der Waals surface area contributed by atoms with E-state index in [1.165, 1.54) is 0 Å². The third-order valence-electron chi connectivity index (χ3n) is 3.14. The van der Waals surface area contributed by atoms with E-state index in [1.807, 2.05) is 31.2 Å². The van der Waals surface area contributed by atoms with Crippen LogP contribution in [-0.4, -0.2) is 22.8 Å². The van der Waals surface area contributed by atoms with Gasteiger partial charge in [-0.15, -0.1) is 0 Å². The van der Waals surface area contributed by atoms with Gasteiger partial charge in [0.25, 0.3) is 5.91 Å². The van der Waals surface area contributed by atoms with E-state index in [4.69, 9.17) is 11.6 Å². The smallest absolute Gasteiger partial charge is 0.255 e. The Morgan fingerprint density at radius 1 is 1.32 bits per heavy atom. The van der Waals surface area contributed by atoms with E-state index in [1.54, 1.807) is 36.5 Å². The van der Waals surface area contributed by atoms with Gasteiger partial charge in [-0.25, -0.2) is 0 Å². The van der Waals surface area contributed by atoms with Gasteiger partial charge in [-0.1, -0.05) is 23.7 Å². The fourth-order valence-electron chi connectivity index (χ4n) is 1.86. The summed E-state index contributed by atoms with van der Waals surface area (Å²) in [6.07, 6.45) is 3.22. The Morgan fingerprint density at radius 3 is 2.74 bits per heavy atom. The topological polar surface area (TPSA) is 33.2 Å². The molecule has 1 unspecified atom stereocenters. The first-order chi connectivity index (χ1) is 9.09. The normalized spacial score (nSPS) is 11.9. The van der Waals surface area contributed by atoms with Gasteiger partial charge in [-0.05, 0) is 36.8 Å². The molecule has 0 spiro atoms. The van der Waals surface area contributed by atoms with E-state index >= 15 is 0 Å². The van der Waals surface area contributed by atoms with Gasteiger partial charge < -0.3 is 4.90 Å². The summed E-state index contributed by atoms with van der Waals surface area (Å²) in [5.41, 5.74) is 1.59. The molecule has 0 N–H and O–H groups in total. The molecule has 2 aromatic rings. The molecule has 3 nitrogen and oxygen atoms in total. The first-order valence-electron chi connectivity index (χ1n) is 6.02. The van der Waals surface area contributed by atoms with Crippen LogP contribution in [0.4, 0.5) is 0 Å². The number of nitrogens with zero attached hydrogens (tertiary/aromatic N) is 2. The summed E-state index contributed by atoms with van der Waals surface area (Å²) in [6.45, 7) is 1.97. The predicted octanol–water partition coefficient (Wildman–Crippen LogP) is 3.57. The molecule has 4 heteroatoms. The molecule has 1 heterocycles. The molecule has 2 rings (SSSR count). The Hall–Kier alpha value is -1.87. The SMILES string of the molecule is CC(c1cccc(Cl)c1)N(C)C(=O)c1cccnc1. The van der Waals surface area contributed by atoms with Crippen LogP contribution in [0.5, 0.6) is 0 Å². The van der Waals surface area contributed by atoms with Gasteiger partial charge in [0.1, 0.15) is 0 Å². The lowest BCUT2D eigenvalue weighted by Crippen LogP contribution is -2.29. The fraction of sp³-hybridized carbons (Fsp3) is 0.200. The van der Waals surface area contributed by atoms with Gasteiger partial charge in [0.15, 0.2) is 0 Å². The Morgan fingerprint density at radius 2 is 2.11 bits per heavy atom. The lowest BCUT2D eigenvalue weighted by Gasteiger charge is -2.25. The number of aromatic nitrogens is 1. The van der Waals surface area contributed by atoms with Crippen LogP contribution in [0.25, 0.3) is 0 Å². The number of rotatable bonds is 3. The summed E-state index contributed by atoms with van der Waals surface area (Å²) in [6, 6.07) is 11.0. The third-order valence-corrected chi connectivity index (χ3v) is 3.38. The minimum Gasteiger partial charge on any atom is -0.335 e. The molecule has 1 aromatic carbocycles. The second kappa shape index (κ2) is 5.85. The first kappa shape index (κ1) is 13.6. The lowest BCUT2D eigenvalue weighted by molar-refractivity contribution is 0.0742. The molecule has 1 atom stereocenters. The minimum absolute atomic E-state index is 0.0496. The van der Waals surface area contributed by atoms with Crippen molar-refractivity contribution in [1.29, 1.82) is 0 Å². The van der Waals surface area contributed by atoms with Crippen molar-refractivity contribution in [2.24, 2.45) is 0 Å². The monoisotopic (exact) mass is 274 g/mol. The number of carbonyl (C=O) groups is 1. The van der Waals surface area contributed by atoms with Gasteiger partial charge in [-0.3, -0.25) is 9.78 Å². The average Bonchev–Trinajstić information content (AvgIpc) is 2.46. The number of pyridine rings is 1.